The third-order valence-corrected chi connectivity index (χ3v) is 7.08. The van der Waals surface area contributed by atoms with Crippen LogP contribution < -0.4 is 4.74 Å². The second-order valence-corrected chi connectivity index (χ2v) is 10.6. The van der Waals surface area contributed by atoms with E-state index in [2.05, 4.69) is 0 Å². The van der Waals surface area contributed by atoms with Gasteiger partial charge in [-0.2, -0.15) is 4.31 Å². The van der Waals surface area contributed by atoms with Gasteiger partial charge < -0.3 is 14.2 Å². The zero-order chi connectivity index (χ0) is 23.6. The Hall–Kier alpha value is -1.78. The third kappa shape index (κ3) is 6.60. The van der Waals surface area contributed by atoms with Crippen molar-refractivity contribution in [3.63, 3.8) is 0 Å². The molecular formula is C21H31F2NO6S. The molecule has 0 N–H and O–H groups in total. The van der Waals surface area contributed by atoms with Crippen LogP contribution in [0.15, 0.2) is 17.0 Å². The fourth-order valence-electron chi connectivity index (χ4n) is 3.67. The molecule has 1 fully saturated rings. The molecule has 0 amide bonds. The van der Waals surface area contributed by atoms with Gasteiger partial charge in [-0.25, -0.2) is 22.0 Å². The van der Waals surface area contributed by atoms with Gasteiger partial charge in [0.05, 0.1) is 24.7 Å². The number of esters is 1. The first kappa shape index (κ1) is 25.5. The number of carbonyl (C=O) groups excluding carboxylic acids is 1. The minimum absolute atomic E-state index is 0.0654. The predicted molar refractivity (Wildman–Crippen MR) is 111 cm³/mol. The van der Waals surface area contributed by atoms with Crippen LogP contribution in [0.3, 0.4) is 0 Å². The number of aryl methyl sites for hydroxylation is 2. The zero-order valence-corrected chi connectivity index (χ0v) is 19.6. The molecule has 176 valence electrons. The molecule has 1 aliphatic rings. The maximum absolute atomic E-state index is 14.1. The summed E-state index contributed by atoms with van der Waals surface area (Å²) in [7, 11) is -2.60. The molecule has 1 saturated heterocycles. The molecule has 10 heteroatoms. The standard InChI is InChI=1S/C21H31F2NO6S/c1-14-9-17(28-6)10-15(2)19(14)31(26,27)24-8-7-21(22,23)11-16(24)12-29-13-18(25)30-20(3,4)5/h9-10,16H,7-8,11-13H2,1-6H3. The minimum atomic E-state index is -4.08. The molecule has 2 rings (SSSR count). The molecule has 0 aliphatic carbocycles. The lowest BCUT2D eigenvalue weighted by molar-refractivity contribution is -0.161. The first-order chi connectivity index (χ1) is 14.2. The van der Waals surface area contributed by atoms with Crippen LogP contribution in [0.2, 0.25) is 0 Å². The van der Waals surface area contributed by atoms with E-state index in [1.165, 1.54) is 7.11 Å². The van der Waals surface area contributed by atoms with Crippen LogP contribution in [0, 0.1) is 13.8 Å². The van der Waals surface area contributed by atoms with Crippen LogP contribution in [0.25, 0.3) is 0 Å². The Morgan fingerprint density at radius 2 is 1.81 bits per heavy atom. The van der Waals surface area contributed by atoms with Gasteiger partial charge in [-0.1, -0.05) is 0 Å². The topological polar surface area (TPSA) is 82.1 Å². The van der Waals surface area contributed by atoms with E-state index in [9.17, 15) is 22.0 Å². The van der Waals surface area contributed by atoms with E-state index in [1.807, 2.05) is 0 Å². The highest BCUT2D eigenvalue weighted by Gasteiger charge is 2.45. The van der Waals surface area contributed by atoms with Gasteiger partial charge in [0.15, 0.2) is 0 Å². The van der Waals surface area contributed by atoms with Crippen LogP contribution >= 0.6 is 0 Å². The molecular weight excluding hydrogens is 432 g/mol. The van der Waals surface area contributed by atoms with Crippen molar-refractivity contribution in [1.29, 1.82) is 0 Å². The number of nitrogens with zero attached hydrogens (tertiary/aromatic N) is 1. The Morgan fingerprint density at radius 1 is 1.23 bits per heavy atom. The molecule has 1 aromatic carbocycles. The maximum Gasteiger partial charge on any atom is 0.332 e. The molecule has 0 spiro atoms. The minimum Gasteiger partial charge on any atom is -0.497 e. The molecule has 0 bridgehead atoms. The Bertz CT molecular complexity index is 888. The van der Waals surface area contributed by atoms with Crippen molar-refractivity contribution < 1.29 is 36.2 Å². The van der Waals surface area contributed by atoms with E-state index in [4.69, 9.17) is 14.2 Å². The Labute approximate surface area is 182 Å². The van der Waals surface area contributed by atoms with Crippen LogP contribution in [-0.4, -0.2) is 63.1 Å². The number of methoxy groups -OCH3 is 1. The summed E-state index contributed by atoms with van der Waals surface area (Å²) in [5.74, 6) is -3.15. The number of alkyl halides is 2. The van der Waals surface area contributed by atoms with E-state index in [-0.39, 0.29) is 18.0 Å². The molecule has 1 unspecified atom stereocenters. The van der Waals surface area contributed by atoms with Gasteiger partial charge in [-0.15, -0.1) is 0 Å². The van der Waals surface area contributed by atoms with Gasteiger partial charge in [0.25, 0.3) is 5.92 Å². The number of ether oxygens (including phenoxy) is 3. The Kier molecular flexibility index (Phi) is 7.71. The normalized spacial score (nSPS) is 19.8. The van der Waals surface area contributed by atoms with Gasteiger partial charge >= 0.3 is 5.97 Å². The number of halogens is 2. The summed E-state index contributed by atoms with van der Waals surface area (Å²) in [6.45, 7) is 7.21. The molecule has 1 atom stereocenters. The molecule has 7 nitrogen and oxygen atoms in total. The summed E-state index contributed by atoms with van der Waals surface area (Å²) in [5.41, 5.74) is 0.210. The average Bonchev–Trinajstić information content (AvgIpc) is 2.58. The van der Waals surface area contributed by atoms with Crippen molar-refractivity contribution in [2.75, 3.05) is 26.9 Å². The van der Waals surface area contributed by atoms with Gasteiger partial charge in [0, 0.05) is 19.4 Å². The van der Waals surface area contributed by atoms with Gasteiger partial charge in [-0.05, 0) is 57.9 Å². The number of piperidine rings is 1. The second-order valence-electron chi connectivity index (χ2n) is 8.77. The highest BCUT2D eigenvalue weighted by Crippen LogP contribution is 2.37. The number of benzene rings is 1. The van der Waals surface area contributed by atoms with Crippen molar-refractivity contribution in [3.05, 3.63) is 23.3 Å². The monoisotopic (exact) mass is 463 g/mol. The largest absolute Gasteiger partial charge is 0.497 e. The van der Waals surface area contributed by atoms with Crippen molar-refractivity contribution in [1.82, 2.24) is 4.31 Å². The van der Waals surface area contributed by atoms with E-state index < -0.39 is 53.0 Å². The summed E-state index contributed by atoms with van der Waals surface area (Å²) < 4.78 is 71.7. The number of hydrogen-bond donors (Lipinski definition) is 0. The molecule has 1 heterocycles. The third-order valence-electron chi connectivity index (χ3n) is 4.83. The van der Waals surface area contributed by atoms with Crippen LogP contribution in [-0.2, 0) is 24.3 Å². The van der Waals surface area contributed by atoms with E-state index in [1.54, 1.807) is 46.8 Å². The summed E-state index contributed by atoms with van der Waals surface area (Å²) >= 11 is 0. The molecule has 1 aromatic rings. The molecule has 0 radical (unpaired) electrons. The van der Waals surface area contributed by atoms with Crippen LogP contribution in [0.4, 0.5) is 8.78 Å². The molecule has 0 saturated carbocycles. The van der Waals surface area contributed by atoms with Crippen LogP contribution in [0.5, 0.6) is 5.75 Å². The molecule has 1 aliphatic heterocycles. The number of rotatable bonds is 7. The van der Waals surface area contributed by atoms with Crippen molar-refractivity contribution in [2.45, 2.75) is 69.9 Å². The predicted octanol–water partition coefficient (Wildman–Crippen LogP) is 3.46. The zero-order valence-electron chi connectivity index (χ0n) is 18.8. The first-order valence-corrected chi connectivity index (χ1v) is 11.4. The Balaban J connectivity index is 2.25. The highest BCUT2D eigenvalue weighted by molar-refractivity contribution is 7.89. The number of sulfonamides is 1. The van der Waals surface area contributed by atoms with E-state index in [0.29, 0.717) is 16.9 Å². The first-order valence-electron chi connectivity index (χ1n) is 10.0. The SMILES string of the molecule is COc1cc(C)c(S(=O)(=O)N2CCC(F)(F)CC2COCC(=O)OC(C)(C)C)c(C)c1. The highest BCUT2D eigenvalue weighted by atomic mass is 32.2. The second kappa shape index (κ2) is 9.38. The summed E-state index contributed by atoms with van der Waals surface area (Å²) in [6, 6.07) is 2.07. The lowest BCUT2D eigenvalue weighted by atomic mass is 10.0. The summed E-state index contributed by atoms with van der Waals surface area (Å²) in [6.07, 6.45) is -1.27. The summed E-state index contributed by atoms with van der Waals surface area (Å²) in [5, 5.41) is 0. The van der Waals surface area contributed by atoms with Gasteiger partial charge in [0.2, 0.25) is 10.0 Å². The average molecular weight is 464 g/mol. The summed E-state index contributed by atoms with van der Waals surface area (Å²) in [4.78, 5) is 11.9. The van der Waals surface area contributed by atoms with Gasteiger partial charge in [-0.3, -0.25) is 0 Å². The number of carbonyl (C=O) groups is 1. The fraction of sp³-hybridized carbons (Fsp3) is 0.667. The van der Waals surface area contributed by atoms with Crippen molar-refractivity contribution in [3.8, 4) is 5.75 Å². The van der Waals surface area contributed by atoms with Crippen LogP contribution in [0.1, 0.15) is 44.7 Å². The smallest absolute Gasteiger partial charge is 0.332 e. The fourth-order valence-corrected chi connectivity index (χ4v) is 5.69. The van der Waals surface area contributed by atoms with Crippen molar-refractivity contribution in [2.24, 2.45) is 0 Å². The quantitative estimate of drug-likeness (QED) is 0.576. The lowest BCUT2D eigenvalue weighted by Gasteiger charge is -2.38. The maximum atomic E-state index is 14.1. The van der Waals surface area contributed by atoms with E-state index in [0.717, 1.165) is 4.31 Å². The lowest BCUT2D eigenvalue weighted by Crippen LogP contribution is -2.52. The number of hydrogen-bond acceptors (Lipinski definition) is 6. The Morgan fingerprint density at radius 3 is 2.32 bits per heavy atom. The van der Waals surface area contributed by atoms with E-state index >= 15 is 0 Å². The van der Waals surface area contributed by atoms with Gasteiger partial charge in [0.1, 0.15) is 18.0 Å². The molecule has 31 heavy (non-hydrogen) atoms. The van der Waals surface area contributed by atoms with Crippen molar-refractivity contribution >= 4 is 16.0 Å². The molecule has 0 aromatic heterocycles.